The lowest BCUT2D eigenvalue weighted by Crippen LogP contribution is -2.24. The van der Waals surface area contributed by atoms with E-state index in [9.17, 15) is 0 Å². The number of hydrogen-bond acceptors (Lipinski definition) is 3. The molecule has 23 heavy (non-hydrogen) atoms. The molecule has 0 spiro atoms. The van der Waals surface area contributed by atoms with E-state index >= 15 is 0 Å². The largest absolute Gasteiger partial charge is 0.497 e. The van der Waals surface area contributed by atoms with Gasteiger partial charge in [-0.05, 0) is 37.2 Å². The van der Waals surface area contributed by atoms with Crippen molar-refractivity contribution >= 4 is 22.9 Å². The Morgan fingerprint density at radius 2 is 1.87 bits per heavy atom. The second kappa shape index (κ2) is 11.1. The van der Waals surface area contributed by atoms with Crippen molar-refractivity contribution < 1.29 is 4.74 Å². The Balaban J connectivity index is 0.000000194. The normalized spacial score (nSPS) is 12.7. The van der Waals surface area contributed by atoms with E-state index in [0.717, 1.165) is 23.1 Å². The quantitative estimate of drug-likeness (QED) is 0.669. The van der Waals surface area contributed by atoms with Crippen LogP contribution in [-0.4, -0.2) is 25.6 Å². The van der Waals surface area contributed by atoms with Crippen LogP contribution in [-0.2, 0) is 13.0 Å². The fraction of sp³-hybridized carbons (Fsp3) is 0.263. The van der Waals surface area contributed by atoms with Crippen molar-refractivity contribution in [3.05, 3.63) is 76.5 Å². The second-order valence-corrected chi connectivity index (χ2v) is 6.74. The predicted octanol–water partition coefficient (Wildman–Crippen LogP) is 5.44. The molecule has 0 N–H and O–H groups in total. The highest BCUT2D eigenvalue weighted by molar-refractivity contribution is 7.16. The molecule has 0 saturated carbocycles. The average molecular weight is 350 g/mol. The van der Waals surface area contributed by atoms with Crippen LogP contribution in [0.4, 0.5) is 0 Å². The third-order valence-corrected chi connectivity index (χ3v) is 4.48. The molecule has 2 heterocycles. The number of benzene rings is 1. The van der Waals surface area contributed by atoms with Gasteiger partial charge in [-0.3, -0.25) is 0 Å². The monoisotopic (exact) mass is 349 g/mol. The maximum atomic E-state index is 5.90. The Morgan fingerprint density at radius 1 is 1.22 bits per heavy atom. The van der Waals surface area contributed by atoms with Gasteiger partial charge in [0.15, 0.2) is 0 Å². The van der Waals surface area contributed by atoms with E-state index in [4.69, 9.17) is 16.3 Å². The van der Waals surface area contributed by atoms with Crippen LogP contribution < -0.4 is 4.74 Å². The molecule has 0 radical (unpaired) electrons. The number of thiophene rings is 1. The molecule has 4 heteroatoms. The number of fused-ring (bicyclic) bond motifs is 1. The van der Waals surface area contributed by atoms with Crippen LogP contribution >= 0.6 is 22.9 Å². The number of likely N-dealkylation sites (N-methyl/N-ethyl adjacent to an activating group) is 1. The van der Waals surface area contributed by atoms with Gasteiger partial charge in [0.2, 0.25) is 0 Å². The van der Waals surface area contributed by atoms with Crippen molar-refractivity contribution in [2.24, 2.45) is 0 Å². The van der Waals surface area contributed by atoms with Crippen molar-refractivity contribution in [2.45, 2.75) is 13.0 Å². The first-order valence-electron chi connectivity index (χ1n) is 7.38. The molecule has 1 aromatic carbocycles. The molecule has 0 atom stereocenters. The molecule has 0 bridgehead atoms. The summed E-state index contributed by atoms with van der Waals surface area (Å²) in [4.78, 5) is 3.78. The molecule has 2 aromatic rings. The smallest absolute Gasteiger partial charge is 0.118 e. The molecule has 0 amide bonds. The minimum atomic E-state index is 0.910. The lowest BCUT2D eigenvalue weighted by molar-refractivity contribution is 0.317. The van der Waals surface area contributed by atoms with Gasteiger partial charge in [-0.1, -0.05) is 55.1 Å². The molecular weight excluding hydrogens is 326 g/mol. The first-order chi connectivity index (χ1) is 11.1. The lowest BCUT2D eigenvalue weighted by Gasteiger charge is -2.21. The first-order valence-corrected chi connectivity index (χ1v) is 8.58. The molecule has 0 unspecified atom stereocenters. The number of allylic oxidation sites excluding steroid dienone is 2. The maximum absolute atomic E-state index is 5.90. The highest BCUT2D eigenvalue weighted by Crippen LogP contribution is 2.30. The van der Waals surface area contributed by atoms with Gasteiger partial charge in [-0.25, -0.2) is 0 Å². The van der Waals surface area contributed by atoms with Crippen molar-refractivity contribution in [3.63, 3.8) is 0 Å². The second-order valence-electron chi connectivity index (χ2n) is 4.98. The van der Waals surface area contributed by atoms with Gasteiger partial charge in [-0.15, -0.1) is 11.3 Å². The van der Waals surface area contributed by atoms with Gasteiger partial charge in [0.1, 0.15) is 5.75 Å². The topological polar surface area (TPSA) is 12.5 Å². The summed E-state index contributed by atoms with van der Waals surface area (Å²) in [6.07, 6.45) is 4.44. The third kappa shape index (κ3) is 7.51. The van der Waals surface area contributed by atoms with Crippen LogP contribution in [0.2, 0.25) is 4.34 Å². The summed E-state index contributed by atoms with van der Waals surface area (Å²) in [5, 5.41) is 0. The van der Waals surface area contributed by atoms with Crippen molar-refractivity contribution in [3.8, 4) is 5.75 Å². The lowest BCUT2D eigenvalue weighted by atomic mass is 10.1. The molecule has 0 aliphatic carbocycles. The minimum absolute atomic E-state index is 0.910. The van der Waals surface area contributed by atoms with Crippen LogP contribution in [0.25, 0.3) is 0 Å². The molecule has 3 rings (SSSR count). The van der Waals surface area contributed by atoms with Crippen LogP contribution in [0, 0.1) is 0 Å². The zero-order chi connectivity index (χ0) is 17.1. The molecule has 1 aliphatic rings. The Bertz CT molecular complexity index is 589. The SMILES string of the molecule is C=CC=C.CN1CCc2cc(Cl)sc2C1.COc1ccccc1. The third-order valence-electron chi connectivity index (χ3n) is 3.19. The summed E-state index contributed by atoms with van der Waals surface area (Å²) in [7, 11) is 3.81. The van der Waals surface area contributed by atoms with E-state index in [-0.39, 0.29) is 0 Å². The molecule has 0 saturated heterocycles. The molecule has 124 valence electrons. The van der Waals surface area contributed by atoms with Gasteiger partial charge in [0.25, 0.3) is 0 Å². The van der Waals surface area contributed by atoms with Gasteiger partial charge in [0.05, 0.1) is 11.4 Å². The Morgan fingerprint density at radius 3 is 2.39 bits per heavy atom. The summed E-state index contributed by atoms with van der Waals surface area (Å²) in [6.45, 7) is 8.97. The van der Waals surface area contributed by atoms with Gasteiger partial charge < -0.3 is 9.64 Å². The summed E-state index contributed by atoms with van der Waals surface area (Å²) < 4.78 is 5.85. The summed E-state index contributed by atoms with van der Waals surface area (Å²) in [5.74, 6) is 0.910. The molecular formula is C19H24ClNOS. The average Bonchev–Trinajstić information content (AvgIpc) is 2.95. The number of halogens is 1. The van der Waals surface area contributed by atoms with Crippen LogP contribution in [0.5, 0.6) is 5.75 Å². The summed E-state index contributed by atoms with van der Waals surface area (Å²) in [5.41, 5.74) is 1.46. The predicted molar refractivity (Wildman–Crippen MR) is 103 cm³/mol. The number of para-hydroxylation sites is 1. The van der Waals surface area contributed by atoms with E-state index in [1.54, 1.807) is 30.6 Å². The Labute approximate surface area is 148 Å². The number of methoxy groups -OCH3 is 1. The number of ether oxygens (including phenoxy) is 1. The molecule has 0 fully saturated rings. The van der Waals surface area contributed by atoms with Crippen LogP contribution in [0.3, 0.4) is 0 Å². The van der Waals surface area contributed by atoms with Gasteiger partial charge in [0, 0.05) is 18.0 Å². The van der Waals surface area contributed by atoms with Gasteiger partial charge >= 0.3 is 0 Å². The fourth-order valence-corrected chi connectivity index (χ4v) is 3.39. The number of rotatable bonds is 2. The highest BCUT2D eigenvalue weighted by atomic mass is 35.5. The maximum Gasteiger partial charge on any atom is 0.118 e. The van der Waals surface area contributed by atoms with Crippen molar-refractivity contribution in [1.82, 2.24) is 4.90 Å². The summed E-state index contributed by atoms with van der Waals surface area (Å²) >= 11 is 7.62. The Hall–Kier alpha value is -1.55. The highest BCUT2D eigenvalue weighted by Gasteiger charge is 2.15. The van der Waals surface area contributed by atoms with Gasteiger partial charge in [-0.2, -0.15) is 0 Å². The molecule has 1 aromatic heterocycles. The number of hydrogen-bond donors (Lipinski definition) is 0. The van der Waals surface area contributed by atoms with Crippen LogP contribution in [0.15, 0.2) is 61.7 Å². The van der Waals surface area contributed by atoms with E-state index in [2.05, 4.69) is 31.2 Å². The van der Waals surface area contributed by atoms with Crippen LogP contribution in [0.1, 0.15) is 10.4 Å². The standard InChI is InChI=1S/C8H10ClNS.C7H8O.C4H6/c1-10-3-2-6-4-8(9)11-7(6)5-10;1-8-7-5-3-2-4-6-7;1-3-4-2/h4H,2-3,5H2,1H3;2-6H,1H3;3-4H,1-2H2. The van der Waals surface area contributed by atoms with E-state index in [0.29, 0.717) is 0 Å². The minimum Gasteiger partial charge on any atom is -0.497 e. The fourth-order valence-electron chi connectivity index (χ4n) is 1.97. The van der Waals surface area contributed by atoms with Crippen molar-refractivity contribution in [2.75, 3.05) is 20.7 Å². The Kier molecular flexibility index (Phi) is 9.37. The first kappa shape index (κ1) is 19.5. The van der Waals surface area contributed by atoms with E-state index in [1.165, 1.54) is 17.0 Å². The summed E-state index contributed by atoms with van der Waals surface area (Å²) in [6, 6.07) is 11.8. The van der Waals surface area contributed by atoms with Crippen molar-refractivity contribution in [1.29, 1.82) is 0 Å². The number of nitrogens with zero attached hydrogens (tertiary/aromatic N) is 1. The van der Waals surface area contributed by atoms with E-state index in [1.807, 2.05) is 30.3 Å². The zero-order valence-electron chi connectivity index (χ0n) is 13.8. The molecule has 1 aliphatic heterocycles. The molecule has 2 nitrogen and oxygen atoms in total. The zero-order valence-corrected chi connectivity index (χ0v) is 15.4. The van der Waals surface area contributed by atoms with E-state index < -0.39 is 0 Å².